The summed E-state index contributed by atoms with van der Waals surface area (Å²) in [6, 6.07) is 5.57. The van der Waals surface area contributed by atoms with Crippen LogP contribution in [0.5, 0.6) is 0 Å². The Morgan fingerprint density at radius 3 is 2.81 bits per heavy atom. The van der Waals surface area contributed by atoms with E-state index < -0.39 is 0 Å². The van der Waals surface area contributed by atoms with E-state index in [2.05, 4.69) is 35.1 Å². The Hall–Kier alpha value is -0.410. The largest absolute Gasteiger partial charge is 0.314 e. The summed E-state index contributed by atoms with van der Waals surface area (Å²) in [6.45, 7) is 5.27. The zero-order chi connectivity index (χ0) is 12.0. The van der Waals surface area contributed by atoms with Crippen molar-refractivity contribution in [2.45, 2.75) is 39.2 Å². The normalized spacial score (nSPS) is 12.8. The first-order chi connectivity index (χ1) is 7.63. The van der Waals surface area contributed by atoms with Crippen LogP contribution in [0, 0.1) is 5.82 Å². The molecule has 0 amide bonds. The van der Waals surface area contributed by atoms with Gasteiger partial charge in [-0.3, -0.25) is 0 Å². The van der Waals surface area contributed by atoms with E-state index >= 15 is 0 Å². The van der Waals surface area contributed by atoms with Crippen molar-refractivity contribution >= 4 is 15.9 Å². The van der Waals surface area contributed by atoms with Gasteiger partial charge in [0.25, 0.3) is 0 Å². The monoisotopic (exact) mass is 287 g/mol. The molecule has 0 aliphatic carbocycles. The minimum absolute atomic E-state index is 0.126. The standard InChI is InChI=1S/C13H19BrFN/c1-3-4-7-16-10(2)8-11-5-6-12(14)9-13(11)15/h5-6,9-10,16H,3-4,7-8H2,1-2H3. The van der Waals surface area contributed by atoms with Gasteiger partial charge in [0.1, 0.15) is 5.82 Å². The molecule has 1 aromatic carbocycles. The molecule has 3 heteroatoms. The van der Waals surface area contributed by atoms with E-state index in [1.807, 2.05) is 12.1 Å². The van der Waals surface area contributed by atoms with E-state index in [-0.39, 0.29) is 5.82 Å². The van der Waals surface area contributed by atoms with Crippen LogP contribution in [0.25, 0.3) is 0 Å². The highest BCUT2D eigenvalue weighted by molar-refractivity contribution is 9.10. The van der Waals surface area contributed by atoms with E-state index in [9.17, 15) is 4.39 Å². The molecule has 1 rings (SSSR count). The first-order valence-corrected chi connectivity index (χ1v) is 6.60. The molecule has 0 fully saturated rings. The van der Waals surface area contributed by atoms with Crippen molar-refractivity contribution in [3.05, 3.63) is 34.1 Å². The minimum atomic E-state index is -0.126. The summed E-state index contributed by atoms with van der Waals surface area (Å²) in [5.74, 6) is -0.126. The van der Waals surface area contributed by atoms with Gasteiger partial charge >= 0.3 is 0 Å². The average Bonchev–Trinajstić information content (AvgIpc) is 2.23. The van der Waals surface area contributed by atoms with Crippen LogP contribution in [0.2, 0.25) is 0 Å². The molecule has 0 bridgehead atoms. The van der Waals surface area contributed by atoms with Crippen LogP contribution in [0.15, 0.2) is 22.7 Å². The molecule has 90 valence electrons. The Kier molecular flexibility index (Phi) is 5.99. The Morgan fingerprint density at radius 2 is 2.19 bits per heavy atom. The fourth-order valence-electron chi connectivity index (χ4n) is 1.61. The maximum Gasteiger partial charge on any atom is 0.127 e. The predicted molar refractivity (Wildman–Crippen MR) is 70.2 cm³/mol. The quantitative estimate of drug-likeness (QED) is 0.783. The maximum absolute atomic E-state index is 13.5. The summed E-state index contributed by atoms with van der Waals surface area (Å²) in [7, 11) is 0. The Balaban J connectivity index is 2.46. The van der Waals surface area contributed by atoms with Crippen molar-refractivity contribution in [1.82, 2.24) is 5.32 Å². The zero-order valence-corrected chi connectivity index (χ0v) is 11.5. The third kappa shape index (κ3) is 4.62. The molecular formula is C13H19BrFN. The van der Waals surface area contributed by atoms with Gasteiger partial charge in [0.05, 0.1) is 0 Å². The zero-order valence-electron chi connectivity index (χ0n) is 9.89. The molecule has 0 aliphatic heterocycles. The van der Waals surface area contributed by atoms with Gasteiger partial charge in [0.15, 0.2) is 0 Å². The minimum Gasteiger partial charge on any atom is -0.314 e. The van der Waals surface area contributed by atoms with Gasteiger partial charge in [-0.1, -0.05) is 35.3 Å². The number of hydrogen-bond acceptors (Lipinski definition) is 1. The van der Waals surface area contributed by atoms with Crippen LogP contribution in [-0.4, -0.2) is 12.6 Å². The number of rotatable bonds is 6. The first-order valence-electron chi connectivity index (χ1n) is 5.80. The van der Waals surface area contributed by atoms with Crippen molar-refractivity contribution in [2.75, 3.05) is 6.54 Å². The topological polar surface area (TPSA) is 12.0 Å². The van der Waals surface area contributed by atoms with E-state index in [4.69, 9.17) is 0 Å². The number of benzene rings is 1. The van der Waals surface area contributed by atoms with Crippen LogP contribution in [0.1, 0.15) is 32.3 Å². The molecule has 1 unspecified atom stereocenters. The van der Waals surface area contributed by atoms with Gasteiger partial charge in [-0.25, -0.2) is 4.39 Å². The summed E-state index contributed by atoms with van der Waals surface area (Å²) in [6.07, 6.45) is 3.10. The van der Waals surface area contributed by atoms with Crippen molar-refractivity contribution in [3.63, 3.8) is 0 Å². The van der Waals surface area contributed by atoms with Gasteiger partial charge in [0, 0.05) is 10.5 Å². The molecule has 0 aliphatic rings. The van der Waals surface area contributed by atoms with Crippen LogP contribution in [0.3, 0.4) is 0 Å². The second kappa shape index (κ2) is 7.02. The van der Waals surface area contributed by atoms with Gasteiger partial charge in [-0.2, -0.15) is 0 Å². The molecule has 1 atom stereocenters. The van der Waals surface area contributed by atoms with Crippen LogP contribution >= 0.6 is 15.9 Å². The van der Waals surface area contributed by atoms with Gasteiger partial charge in [0.2, 0.25) is 0 Å². The Labute approximate surface area is 106 Å². The molecule has 0 saturated carbocycles. The van der Waals surface area contributed by atoms with Crippen LogP contribution < -0.4 is 5.32 Å². The average molecular weight is 288 g/mol. The molecule has 0 radical (unpaired) electrons. The molecular weight excluding hydrogens is 269 g/mol. The maximum atomic E-state index is 13.5. The number of halogens is 2. The first kappa shape index (κ1) is 13.7. The predicted octanol–water partition coefficient (Wildman–Crippen LogP) is 3.91. The third-order valence-corrected chi connectivity index (χ3v) is 3.06. The summed E-state index contributed by atoms with van der Waals surface area (Å²) in [4.78, 5) is 0. The summed E-state index contributed by atoms with van der Waals surface area (Å²) >= 11 is 3.26. The fourth-order valence-corrected chi connectivity index (χ4v) is 1.95. The lowest BCUT2D eigenvalue weighted by atomic mass is 10.1. The summed E-state index contributed by atoms with van der Waals surface area (Å²) in [5.41, 5.74) is 0.777. The lowest BCUT2D eigenvalue weighted by Crippen LogP contribution is -2.29. The molecule has 16 heavy (non-hydrogen) atoms. The SMILES string of the molecule is CCCCNC(C)Cc1ccc(Br)cc1F. The number of hydrogen-bond donors (Lipinski definition) is 1. The highest BCUT2D eigenvalue weighted by Gasteiger charge is 2.07. The van der Waals surface area contributed by atoms with E-state index in [1.54, 1.807) is 0 Å². The van der Waals surface area contributed by atoms with Gasteiger partial charge in [-0.05, 0) is 44.0 Å². The molecule has 1 nitrogen and oxygen atoms in total. The molecule has 0 spiro atoms. The van der Waals surface area contributed by atoms with E-state index in [0.29, 0.717) is 6.04 Å². The highest BCUT2D eigenvalue weighted by atomic mass is 79.9. The fraction of sp³-hybridized carbons (Fsp3) is 0.538. The smallest absolute Gasteiger partial charge is 0.127 e. The van der Waals surface area contributed by atoms with Crippen LogP contribution in [0.4, 0.5) is 4.39 Å². The van der Waals surface area contributed by atoms with Crippen molar-refractivity contribution in [2.24, 2.45) is 0 Å². The van der Waals surface area contributed by atoms with Crippen molar-refractivity contribution in [3.8, 4) is 0 Å². The lowest BCUT2D eigenvalue weighted by Gasteiger charge is -2.14. The second-order valence-corrected chi connectivity index (χ2v) is 5.06. The summed E-state index contributed by atoms with van der Waals surface area (Å²) in [5, 5.41) is 3.40. The molecule has 1 N–H and O–H groups in total. The highest BCUT2D eigenvalue weighted by Crippen LogP contribution is 2.16. The van der Waals surface area contributed by atoms with E-state index in [0.717, 1.165) is 23.0 Å². The molecule has 0 heterocycles. The summed E-state index contributed by atoms with van der Waals surface area (Å²) < 4.78 is 14.3. The van der Waals surface area contributed by atoms with Crippen LogP contribution in [-0.2, 0) is 6.42 Å². The lowest BCUT2D eigenvalue weighted by molar-refractivity contribution is 0.516. The number of unbranched alkanes of at least 4 members (excludes halogenated alkanes) is 1. The van der Waals surface area contributed by atoms with Crippen molar-refractivity contribution < 1.29 is 4.39 Å². The van der Waals surface area contributed by atoms with Gasteiger partial charge in [-0.15, -0.1) is 0 Å². The molecule has 0 saturated heterocycles. The molecule has 1 aromatic rings. The second-order valence-electron chi connectivity index (χ2n) is 4.15. The van der Waals surface area contributed by atoms with E-state index in [1.165, 1.54) is 18.9 Å². The Morgan fingerprint density at radius 1 is 1.44 bits per heavy atom. The third-order valence-electron chi connectivity index (χ3n) is 2.56. The number of nitrogens with one attached hydrogen (secondary N) is 1. The van der Waals surface area contributed by atoms with Gasteiger partial charge < -0.3 is 5.32 Å². The molecule has 0 aromatic heterocycles. The van der Waals surface area contributed by atoms with Crippen molar-refractivity contribution in [1.29, 1.82) is 0 Å². The Bertz CT molecular complexity index is 328.